The third-order valence-electron chi connectivity index (χ3n) is 3.18. The summed E-state index contributed by atoms with van der Waals surface area (Å²) >= 11 is 0. The van der Waals surface area contributed by atoms with Gasteiger partial charge in [-0.2, -0.15) is 0 Å². The zero-order valence-electron chi connectivity index (χ0n) is 10.2. The van der Waals surface area contributed by atoms with Crippen molar-refractivity contribution >= 4 is 6.03 Å². The number of rotatable bonds is 3. The third-order valence-corrected chi connectivity index (χ3v) is 3.18. The van der Waals surface area contributed by atoms with Crippen molar-refractivity contribution < 1.29 is 4.79 Å². The fourth-order valence-corrected chi connectivity index (χ4v) is 2.17. The summed E-state index contributed by atoms with van der Waals surface area (Å²) in [7, 11) is 0. The molecule has 0 radical (unpaired) electrons. The van der Waals surface area contributed by atoms with Crippen LogP contribution < -0.4 is 5.32 Å². The van der Waals surface area contributed by atoms with Crippen molar-refractivity contribution in [1.29, 1.82) is 0 Å². The van der Waals surface area contributed by atoms with E-state index < -0.39 is 0 Å². The minimum Gasteiger partial charge on any atom is -0.338 e. The second-order valence-corrected chi connectivity index (χ2v) is 4.52. The van der Waals surface area contributed by atoms with Crippen LogP contribution in [-0.4, -0.2) is 30.6 Å². The number of hydrogen-bond donors (Lipinski definition) is 1. The van der Waals surface area contributed by atoms with Crippen molar-refractivity contribution in [3.8, 4) is 0 Å². The molecule has 1 fully saturated rings. The van der Waals surface area contributed by atoms with Crippen molar-refractivity contribution in [1.82, 2.24) is 10.2 Å². The number of nitrogens with one attached hydrogen (secondary N) is 1. The highest BCUT2D eigenvalue weighted by atomic mass is 16.2. The lowest BCUT2D eigenvalue weighted by atomic mass is 10.1. The Balaban J connectivity index is 1.69. The van der Waals surface area contributed by atoms with Gasteiger partial charge in [-0.15, -0.1) is 0 Å². The van der Waals surface area contributed by atoms with Crippen LogP contribution >= 0.6 is 0 Å². The number of carbonyl (C=O) groups is 1. The van der Waals surface area contributed by atoms with Gasteiger partial charge in [0.05, 0.1) is 0 Å². The zero-order chi connectivity index (χ0) is 11.9. The molecule has 92 valence electrons. The summed E-state index contributed by atoms with van der Waals surface area (Å²) in [6.07, 6.45) is 4.45. The Morgan fingerprint density at radius 2 is 1.82 bits per heavy atom. The lowest BCUT2D eigenvalue weighted by Crippen LogP contribution is -2.43. The van der Waals surface area contributed by atoms with E-state index in [0.717, 1.165) is 38.9 Å². The molecule has 1 aromatic rings. The molecule has 0 bridgehead atoms. The van der Waals surface area contributed by atoms with Crippen LogP contribution in [0.2, 0.25) is 0 Å². The second-order valence-electron chi connectivity index (χ2n) is 4.52. The molecule has 1 aliphatic heterocycles. The first-order valence-corrected chi connectivity index (χ1v) is 6.43. The van der Waals surface area contributed by atoms with Gasteiger partial charge < -0.3 is 10.2 Å². The van der Waals surface area contributed by atoms with E-state index in [1.54, 1.807) is 0 Å². The van der Waals surface area contributed by atoms with Gasteiger partial charge in [-0.05, 0) is 31.2 Å². The molecule has 2 amide bonds. The summed E-state index contributed by atoms with van der Waals surface area (Å²) in [5, 5.41) is 2.99. The smallest absolute Gasteiger partial charge is 0.317 e. The van der Waals surface area contributed by atoms with E-state index in [1.165, 1.54) is 12.0 Å². The van der Waals surface area contributed by atoms with E-state index in [0.29, 0.717) is 0 Å². The van der Waals surface area contributed by atoms with Gasteiger partial charge in [0.2, 0.25) is 0 Å². The maximum Gasteiger partial charge on any atom is 0.317 e. The van der Waals surface area contributed by atoms with Gasteiger partial charge in [0.15, 0.2) is 0 Å². The molecule has 1 N–H and O–H groups in total. The number of amides is 2. The van der Waals surface area contributed by atoms with E-state index in [9.17, 15) is 4.79 Å². The topological polar surface area (TPSA) is 32.3 Å². The van der Waals surface area contributed by atoms with Gasteiger partial charge in [0, 0.05) is 19.6 Å². The fourth-order valence-electron chi connectivity index (χ4n) is 2.17. The Labute approximate surface area is 103 Å². The minimum absolute atomic E-state index is 0.0978. The Kier molecular flexibility index (Phi) is 4.42. The highest BCUT2D eigenvalue weighted by molar-refractivity contribution is 5.74. The standard InChI is InChI=1S/C14H20N2O/c17-14(16-11-5-2-6-12-16)15-10-9-13-7-3-1-4-8-13/h1,3-4,7-8H,2,5-6,9-12H2,(H,15,17). The molecule has 0 spiro atoms. The van der Waals surface area contributed by atoms with E-state index in [1.807, 2.05) is 23.1 Å². The monoisotopic (exact) mass is 232 g/mol. The normalized spacial score (nSPS) is 15.6. The number of urea groups is 1. The number of likely N-dealkylation sites (tertiary alicyclic amines) is 1. The van der Waals surface area contributed by atoms with Crippen LogP contribution in [0.3, 0.4) is 0 Å². The van der Waals surface area contributed by atoms with Crippen LogP contribution in [0.1, 0.15) is 24.8 Å². The SMILES string of the molecule is O=C(NCCc1ccccc1)N1CCCCC1. The van der Waals surface area contributed by atoms with Crippen molar-refractivity contribution in [3.05, 3.63) is 35.9 Å². The van der Waals surface area contributed by atoms with Crippen LogP contribution in [0, 0.1) is 0 Å². The molecular formula is C14H20N2O. The van der Waals surface area contributed by atoms with Crippen LogP contribution in [0.25, 0.3) is 0 Å². The van der Waals surface area contributed by atoms with Gasteiger partial charge in [0.1, 0.15) is 0 Å². The molecule has 0 unspecified atom stereocenters. The molecule has 1 aromatic carbocycles. The number of piperidine rings is 1. The van der Waals surface area contributed by atoms with Gasteiger partial charge in [-0.3, -0.25) is 0 Å². The average molecular weight is 232 g/mol. The van der Waals surface area contributed by atoms with E-state index in [4.69, 9.17) is 0 Å². The van der Waals surface area contributed by atoms with Crippen LogP contribution in [0.15, 0.2) is 30.3 Å². The maximum atomic E-state index is 11.8. The third kappa shape index (κ3) is 3.77. The van der Waals surface area contributed by atoms with Gasteiger partial charge in [-0.25, -0.2) is 4.79 Å². The Bertz CT molecular complexity index is 344. The van der Waals surface area contributed by atoms with Crippen LogP contribution in [-0.2, 0) is 6.42 Å². The second kappa shape index (κ2) is 6.28. The highest BCUT2D eigenvalue weighted by Crippen LogP contribution is 2.08. The van der Waals surface area contributed by atoms with Crippen LogP contribution in [0.4, 0.5) is 4.79 Å². The molecule has 2 rings (SSSR count). The van der Waals surface area contributed by atoms with E-state index in [-0.39, 0.29) is 6.03 Å². The summed E-state index contributed by atoms with van der Waals surface area (Å²) in [6, 6.07) is 10.3. The van der Waals surface area contributed by atoms with Crippen molar-refractivity contribution in [2.75, 3.05) is 19.6 Å². The lowest BCUT2D eigenvalue weighted by molar-refractivity contribution is 0.186. The molecule has 3 nitrogen and oxygen atoms in total. The summed E-state index contributed by atoms with van der Waals surface area (Å²) < 4.78 is 0. The Morgan fingerprint density at radius 3 is 2.53 bits per heavy atom. The molecule has 1 saturated heterocycles. The number of nitrogens with zero attached hydrogens (tertiary/aromatic N) is 1. The zero-order valence-corrected chi connectivity index (χ0v) is 10.2. The highest BCUT2D eigenvalue weighted by Gasteiger charge is 2.15. The summed E-state index contributed by atoms with van der Waals surface area (Å²) in [6.45, 7) is 2.55. The van der Waals surface area contributed by atoms with Gasteiger partial charge in [0.25, 0.3) is 0 Å². The average Bonchev–Trinajstić information content (AvgIpc) is 2.41. The quantitative estimate of drug-likeness (QED) is 0.853. The number of carbonyl (C=O) groups excluding carboxylic acids is 1. The summed E-state index contributed by atoms with van der Waals surface area (Å²) in [4.78, 5) is 13.7. The first kappa shape index (κ1) is 12.0. The predicted octanol–water partition coefficient (Wildman–Crippen LogP) is 2.42. The molecule has 1 aliphatic rings. The summed E-state index contributed by atoms with van der Waals surface area (Å²) in [5.41, 5.74) is 1.27. The largest absolute Gasteiger partial charge is 0.338 e. The van der Waals surface area contributed by atoms with Crippen LogP contribution in [0.5, 0.6) is 0 Å². The minimum atomic E-state index is 0.0978. The molecule has 0 saturated carbocycles. The molecule has 17 heavy (non-hydrogen) atoms. The van der Waals surface area contributed by atoms with Crippen molar-refractivity contribution in [2.24, 2.45) is 0 Å². The number of hydrogen-bond acceptors (Lipinski definition) is 1. The Hall–Kier alpha value is -1.51. The van der Waals surface area contributed by atoms with Gasteiger partial charge >= 0.3 is 6.03 Å². The van der Waals surface area contributed by atoms with Crippen molar-refractivity contribution in [3.63, 3.8) is 0 Å². The van der Waals surface area contributed by atoms with E-state index >= 15 is 0 Å². The fraction of sp³-hybridized carbons (Fsp3) is 0.500. The van der Waals surface area contributed by atoms with Gasteiger partial charge in [-0.1, -0.05) is 30.3 Å². The summed E-state index contributed by atoms with van der Waals surface area (Å²) in [5.74, 6) is 0. The lowest BCUT2D eigenvalue weighted by Gasteiger charge is -2.26. The van der Waals surface area contributed by atoms with Crippen molar-refractivity contribution in [2.45, 2.75) is 25.7 Å². The molecular weight excluding hydrogens is 212 g/mol. The molecule has 0 aliphatic carbocycles. The first-order valence-electron chi connectivity index (χ1n) is 6.43. The van der Waals surface area contributed by atoms with E-state index in [2.05, 4.69) is 17.4 Å². The molecule has 0 aromatic heterocycles. The number of benzene rings is 1. The first-order chi connectivity index (χ1) is 8.36. The Morgan fingerprint density at radius 1 is 1.12 bits per heavy atom. The molecule has 0 atom stereocenters. The maximum absolute atomic E-state index is 11.8. The predicted molar refractivity (Wildman–Crippen MR) is 69.0 cm³/mol. The molecule has 1 heterocycles. The molecule has 3 heteroatoms.